The van der Waals surface area contributed by atoms with Crippen LogP contribution < -0.4 is 5.32 Å². The molecule has 0 saturated carbocycles. The van der Waals surface area contributed by atoms with Gasteiger partial charge in [0.2, 0.25) is 0 Å². The van der Waals surface area contributed by atoms with Gasteiger partial charge in [0.1, 0.15) is 0 Å². The molecule has 64 valence electrons. The van der Waals surface area contributed by atoms with Crippen LogP contribution in [0.3, 0.4) is 0 Å². The van der Waals surface area contributed by atoms with E-state index in [9.17, 15) is 5.11 Å². The van der Waals surface area contributed by atoms with Crippen LogP contribution in [0, 0.1) is 0 Å². The number of benzene rings is 1. The lowest BCUT2D eigenvalue weighted by atomic mass is 9.95. The van der Waals surface area contributed by atoms with Crippen LogP contribution >= 0.6 is 0 Å². The number of aliphatic hydroxyl groups is 1. The molecule has 0 bridgehead atoms. The van der Waals surface area contributed by atoms with Gasteiger partial charge in [0.05, 0.1) is 6.10 Å². The van der Waals surface area contributed by atoms with Gasteiger partial charge in [0.15, 0.2) is 0 Å². The Morgan fingerprint density at radius 3 is 2.50 bits per heavy atom. The molecule has 2 heteroatoms. The third-order valence-electron chi connectivity index (χ3n) is 2.38. The Morgan fingerprint density at radius 2 is 2.00 bits per heavy atom. The highest BCUT2D eigenvalue weighted by atomic mass is 16.3. The van der Waals surface area contributed by atoms with Gasteiger partial charge in [-0.05, 0) is 18.5 Å². The maximum Gasteiger partial charge on any atom is 0.0943 e. The summed E-state index contributed by atoms with van der Waals surface area (Å²) in [5, 5.41) is 13.0. The van der Waals surface area contributed by atoms with Crippen LogP contribution in [0.1, 0.15) is 18.1 Å². The molecule has 0 amide bonds. The first-order chi connectivity index (χ1) is 5.88. The Bertz CT molecular complexity index is 243. The van der Waals surface area contributed by atoms with Gasteiger partial charge >= 0.3 is 0 Å². The molecule has 12 heavy (non-hydrogen) atoms. The average Bonchev–Trinajstić information content (AvgIpc) is 2.03. The molecule has 0 aromatic heterocycles. The lowest BCUT2D eigenvalue weighted by Crippen LogP contribution is -2.46. The van der Waals surface area contributed by atoms with Crippen molar-refractivity contribution in [3.8, 4) is 0 Å². The van der Waals surface area contributed by atoms with E-state index in [1.807, 2.05) is 30.3 Å². The van der Waals surface area contributed by atoms with E-state index in [-0.39, 0.29) is 12.1 Å². The summed E-state index contributed by atoms with van der Waals surface area (Å²) < 4.78 is 0. The topological polar surface area (TPSA) is 32.3 Å². The predicted octanol–water partition coefficient (Wildman–Crippen LogP) is 1.08. The summed E-state index contributed by atoms with van der Waals surface area (Å²) in [7, 11) is 0. The fourth-order valence-electron chi connectivity index (χ4n) is 1.46. The van der Waals surface area contributed by atoms with E-state index in [2.05, 4.69) is 5.32 Å². The molecule has 1 saturated heterocycles. The molecule has 2 atom stereocenters. The summed E-state index contributed by atoms with van der Waals surface area (Å²) in [5.41, 5.74) is 1.01. The van der Waals surface area contributed by atoms with E-state index in [0.29, 0.717) is 0 Å². The smallest absolute Gasteiger partial charge is 0.0943 e. The fourth-order valence-corrected chi connectivity index (χ4v) is 1.46. The number of rotatable bonds is 2. The van der Waals surface area contributed by atoms with Gasteiger partial charge in [-0.1, -0.05) is 30.3 Å². The maximum atomic E-state index is 9.78. The van der Waals surface area contributed by atoms with Crippen LogP contribution in [0.4, 0.5) is 0 Å². The average molecular weight is 163 g/mol. The van der Waals surface area contributed by atoms with Crippen molar-refractivity contribution in [2.24, 2.45) is 0 Å². The monoisotopic (exact) mass is 163 g/mol. The standard InChI is InChI=1S/C10H13NO/c12-10(9-6-7-11-9)8-4-2-1-3-5-8/h1-5,9-12H,6-7H2/t9?,10-/m0/s1. The van der Waals surface area contributed by atoms with Gasteiger partial charge in [-0.25, -0.2) is 0 Å². The molecule has 1 fully saturated rings. The molecule has 0 radical (unpaired) electrons. The van der Waals surface area contributed by atoms with Crippen LogP contribution in [0.2, 0.25) is 0 Å². The maximum absolute atomic E-state index is 9.78. The summed E-state index contributed by atoms with van der Waals surface area (Å²) in [6.45, 7) is 1.04. The molecule has 1 aromatic rings. The Morgan fingerprint density at radius 1 is 1.33 bits per heavy atom. The van der Waals surface area contributed by atoms with Crippen molar-refractivity contribution < 1.29 is 5.11 Å². The van der Waals surface area contributed by atoms with Crippen LogP contribution in [0.25, 0.3) is 0 Å². The minimum absolute atomic E-state index is 0.271. The minimum Gasteiger partial charge on any atom is -0.387 e. The van der Waals surface area contributed by atoms with E-state index in [4.69, 9.17) is 0 Å². The van der Waals surface area contributed by atoms with Crippen LogP contribution in [0.15, 0.2) is 30.3 Å². The Labute approximate surface area is 72.2 Å². The van der Waals surface area contributed by atoms with Crippen LogP contribution in [-0.2, 0) is 0 Å². The third-order valence-corrected chi connectivity index (χ3v) is 2.38. The Hall–Kier alpha value is -0.860. The zero-order chi connectivity index (χ0) is 8.39. The second-order valence-corrected chi connectivity index (χ2v) is 3.20. The minimum atomic E-state index is -0.333. The summed E-state index contributed by atoms with van der Waals surface area (Å²) >= 11 is 0. The first-order valence-electron chi connectivity index (χ1n) is 4.34. The zero-order valence-electron chi connectivity index (χ0n) is 6.90. The van der Waals surface area contributed by atoms with Crippen LogP contribution in [0.5, 0.6) is 0 Å². The number of aliphatic hydroxyl groups excluding tert-OH is 1. The molecular weight excluding hydrogens is 150 g/mol. The SMILES string of the molecule is O[C@@H](c1ccccc1)C1CCN1. The van der Waals surface area contributed by atoms with E-state index < -0.39 is 0 Å². The third kappa shape index (κ3) is 1.36. The zero-order valence-corrected chi connectivity index (χ0v) is 6.90. The van der Waals surface area contributed by atoms with E-state index in [0.717, 1.165) is 18.5 Å². The van der Waals surface area contributed by atoms with E-state index in [1.54, 1.807) is 0 Å². The lowest BCUT2D eigenvalue weighted by molar-refractivity contribution is 0.0957. The van der Waals surface area contributed by atoms with Crippen molar-refractivity contribution in [2.45, 2.75) is 18.6 Å². The largest absolute Gasteiger partial charge is 0.387 e. The van der Waals surface area contributed by atoms with Crippen molar-refractivity contribution in [3.05, 3.63) is 35.9 Å². The van der Waals surface area contributed by atoms with Crippen molar-refractivity contribution in [3.63, 3.8) is 0 Å². The van der Waals surface area contributed by atoms with Gasteiger partial charge in [0.25, 0.3) is 0 Å². The molecule has 2 N–H and O–H groups in total. The molecule has 2 nitrogen and oxygen atoms in total. The highest BCUT2D eigenvalue weighted by molar-refractivity contribution is 5.19. The Kier molecular flexibility index (Phi) is 2.11. The van der Waals surface area contributed by atoms with Crippen molar-refractivity contribution in [1.29, 1.82) is 0 Å². The summed E-state index contributed by atoms with van der Waals surface area (Å²) in [6.07, 6.45) is 0.746. The van der Waals surface area contributed by atoms with E-state index >= 15 is 0 Å². The molecule has 0 spiro atoms. The molecule has 1 unspecified atom stereocenters. The van der Waals surface area contributed by atoms with Gasteiger partial charge in [-0.2, -0.15) is 0 Å². The highest BCUT2D eigenvalue weighted by Crippen LogP contribution is 2.21. The summed E-state index contributed by atoms with van der Waals surface area (Å²) in [5.74, 6) is 0. The summed E-state index contributed by atoms with van der Waals surface area (Å²) in [4.78, 5) is 0. The van der Waals surface area contributed by atoms with Crippen molar-refractivity contribution in [1.82, 2.24) is 5.32 Å². The molecule has 0 aliphatic carbocycles. The molecule has 1 aliphatic heterocycles. The number of hydrogen-bond acceptors (Lipinski definition) is 2. The quantitative estimate of drug-likeness (QED) is 0.683. The van der Waals surface area contributed by atoms with Crippen LogP contribution in [-0.4, -0.2) is 17.7 Å². The van der Waals surface area contributed by atoms with Gasteiger partial charge in [-0.15, -0.1) is 0 Å². The second-order valence-electron chi connectivity index (χ2n) is 3.20. The molecule has 2 rings (SSSR count). The van der Waals surface area contributed by atoms with Crippen molar-refractivity contribution >= 4 is 0 Å². The molecule has 1 aliphatic rings. The van der Waals surface area contributed by atoms with E-state index in [1.165, 1.54) is 0 Å². The number of hydrogen-bond donors (Lipinski definition) is 2. The first kappa shape index (κ1) is 7.77. The normalized spacial score (nSPS) is 24.6. The Balaban J connectivity index is 2.08. The predicted molar refractivity (Wildman–Crippen MR) is 47.8 cm³/mol. The van der Waals surface area contributed by atoms with Gasteiger partial charge in [0, 0.05) is 6.04 Å². The lowest BCUT2D eigenvalue weighted by Gasteiger charge is -2.32. The first-order valence-corrected chi connectivity index (χ1v) is 4.34. The second kappa shape index (κ2) is 3.25. The fraction of sp³-hybridized carbons (Fsp3) is 0.400. The van der Waals surface area contributed by atoms with Gasteiger partial charge < -0.3 is 10.4 Å². The number of nitrogens with one attached hydrogen (secondary N) is 1. The summed E-state index contributed by atoms with van der Waals surface area (Å²) in [6, 6.07) is 10.1. The highest BCUT2D eigenvalue weighted by Gasteiger charge is 2.25. The molecule has 1 aromatic carbocycles. The van der Waals surface area contributed by atoms with Crippen molar-refractivity contribution in [2.75, 3.05) is 6.54 Å². The van der Waals surface area contributed by atoms with Gasteiger partial charge in [-0.3, -0.25) is 0 Å². The molecule has 1 heterocycles. The molecular formula is C10H13NO.